The molecule has 4 nitrogen and oxygen atoms in total. The van der Waals surface area contributed by atoms with Crippen LogP contribution in [0, 0.1) is 0 Å². The first-order valence-electron chi connectivity index (χ1n) is 7.16. The molecule has 0 spiro atoms. The van der Waals surface area contributed by atoms with Gasteiger partial charge in [0.05, 0.1) is 4.91 Å². The van der Waals surface area contributed by atoms with E-state index in [1.165, 1.54) is 16.7 Å². The normalized spacial score (nSPS) is 17.2. The number of carboxylic acids is 1. The summed E-state index contributed by atoms with van der Waals surface area (Å²) < 4.78 is 0.465. The number of hydrogen-bond donors (Lipinski definition) is 0. The monoisotopic (exact) mass is 346 g/mol. The minimum Gasteiger partial charge on any atom is -0.550 e. The van der Waals surface area contributed by atoms with Gasteiger partial charge in [-0.25, -0.2) is 0 Å². The quantitative estimate of drug-likeness (QED) is 0.585. The Morgan fingerprint density at radius 2 is 2.04 bits per heavy atom. The van der Waals surface area contributed by atoms with Gasteiger partial charge in [-0.05, 0) is 37.0 Å². The van der Waals surface area contributed by atoms with Crippen molar-refractivity contribution in [2.24, 2.45) is 0 Å². The molecule has 0 saturated carbocycles. The Hall–Kier alpha value is -1.92. The van der Waals surface area contributed by atoms with Crippen LogP contribution in [-0.4, -0.2) is 27.6 Å². The Kier molecular flexibility index (Phi) is 6.12. The number of nitrogens with zero attached hydrogens (tertiary/aromatic N) is 1. The number of amides is 1. The Morgan fingerprint density at radius 1 is 1.35 bits per heavy atom. The van der Waals surface area contributed by atoms with E-state index in [4.69, 9.17) is 12.2 Å². The summed E-state index contributed by atoms with van der Waals surface area (Å²) >= 11 is 6.45. The molecule has 0 aliphatic carbocycles. The highest BCUT2D eigenvalue weighted by Gasteiger charge is 2.31. The number of aliphatic carboxylic acids is 1. The lowest BCUT2D eigenvalue weighted by Gasteiger charge is -2.14. The molecule has 1 amide bonds. The largest absolute Gasteiger partial charge is 0.550 e. The topological polar surface area (TPSA) is 60.4 Å². The van der Waals surface area contributed by atoms with E-state index in [2.05, 4.69) is 0 Å². The molecule has 1 aromatic rings. The molecule has 2 rings (SSSR count). The maximum atomic E-state index is 12.3. The lowest BCUT2D eigenvalue weighted by molar-refractivity contribution is -0.305. The van der Waals surface area contributed by atoms with Crippen molar-refractivity contribution < 1.29 is 14.7 Å². The van der Waals surface area contributed by atoms with Gasteiger partial charge in [-0.1, -0.05) is 60.4 Å². The highest BCUT2D eigenvalue weighted by atomic mass is 32.2. The van der Waals surface area contributed by atoms with Crippen molar-refractivity contribution in [3.05, 3.63) is 52.4 Å². The first-order chi connectivity index (χ1) is 11.0. The molecule has 0 aromatic heterocycles. The fourth-order valence-electron chi connectivity index (χ4n) is 2.13. The minimum absolute atomic E-state index is 0.0803. The first kappa shape index (κ1) is 17.4. The van der Waals surface area contributed by atoms with E-state index < -0.39 is 5.97 Å². The third-order valence-corrected chi connectivity index (χ3v) is 4.57. The summed E-state index contributed by atoms with van der Waals surface area (Å²) in [7, 11) is 0. The summed E-state index contributed by atoms with van der Waals surface area (Å²) in [6, 6.07) is 9.83. The standard InChI is InChI=1S/C17H17NO3S2/c1-12(10-13-6-3-2-4-7-13)11-14-16(21)18(17(22)23-14)9-5-8-15(19)20/h2-4,6-7,10-11H,5,8-9H2,1H3,(H,19,20)/p-1/b12-10+,14-11-. The van der Waals surface area contributed by atoms with Crippen LogP contribution in [0.25, 0.3) is 6.08 Å². The summed E-state index contributed by atoms with van der Waals surface area (Å²) in [6.45, 7) is 2.23. The number of allylic oxidation sites excluding steroid dienone is 2. The number of rotatable bonds is 6. The third-order valence-electron chi connectivity index (χ3n) is 3.19. The van der Waals surface area contributed by atoms with Gasteiger partial charge in [-0.2, -0.15) is 0 Å². The fourth-order valence-corrected chi connectivity index (χ4v) is 3.49. The molecule has 1 aliphatic rings. The van der Waals surface area contributed by atoms with Crippen molar-refractivity contribution in [3.63, 3.8) is 0 Å². The van der Waals surface area contributed by atoms with E-state index in [9.17, 15) is 14.7 Å². The predicted molar refractivity (Wildman–Crippen MR) is 94.3 cm³/mol. The van der Waals surface area contributed by atoms with Gasteiger partial charge >= 0.3 is 0 Å². The van der Waals surface area contributed by atoms with Crippen LogP contribution in [0.1, 0.15) is 25.3 Å². The van der Waals surface area contributed by atoms with Crippen molar-refractivity contribution in [2.75, 3.05) is 6.54 Å². The van der Waals surface area contributed by atoms with Crippen molar-refractivity contribution >= 4 is 46.3 Å². The maximum Gasteiger partial charge on any atom is 0.266 e. The number of benzene rings is 1. The lowest BCUT2D eigenvalue weighted by atomic mass is 10.1. The second-order valence-corrected chi connectivity index (χ2v) is 6.78. The van der Waals surface area contributed by atoms with Gasteiger partial charge in [0.15, 0.2) is 0 Å². The van der Waals surface area contributed by atoms with E-state index in [1.54, 1.807) is 0 Å². The molecule has 0 N–H and O–H groups in total. The van der Waals surface area contributed by atoms with Gasteiger partial charge in [0, 0.05) is 12.5 Å². The van der Waals surface area contributed by atoms with Gasteiger partial charge < -0.3 is 9.90 Å². The highest BCUT2D eigenvalue weighted by Crippen LogP contribution is 2.32. The van der Waals surface area contributed by atoms with E-state index in [0.717, 1.165) is 11.1 Å². The van der Waals surface area contributed by atoms with Crippen LogP contribution in [-0.2, 0) is 9.59 Å². The Bertz CT molecular complexity index is 680. The summed E-state index contributed by atoms with van der Waals surface area (Å²) in [5.41, 5.74) is 2.01. The number of carbonyl (C=O) groups is 2. The molecule has 1 saturated heterocycles. The molecule has 1 fully saturated rings. The zero-order chi connectivity index (χ0) is 16.8. The number of carbonyl (C=O) groups excluding carboxylic acids is 2. The second kappa shape index (κ2) is 8.08. The number of hydrogen-bond acceptors (Lipinski definition) is 5. The average molecular weight is 346 g/mol. The van der Waals surface area contributed by atoms with Crippen LogP contribution in [0.3, 0.4) is 0 Å². The van der Waals surface area contributed by atoms with Crippen LogP contribution >= 0.6 is 24.0 Å². The van der Waals surface area contributed by atoms with Crippen molar-refractivity contribution in [3.8, 4) is 0 Å². The molecule has 0 radical (unpaired) electrons. The average Bonchev–Trinajstić information content (AvgIpc) is 2.75. The lowest BCUT2D eigenvalue weighted by Crippen LogP contribution is -2.30. The fraction of sp³-hybridized carbons (Fsp3) is 0.235. The third kappa shape index (κ3) is 5.04. The van der Waals surface area contributed by atoms with Gasteiger partial charge in [0.2, 0.25) is 0 Å². The number of thioether (sulfide) groups is 1. The summed E-state index contributed by atoms with van der Waals surface area (Å²) in [5, 5.41) is 10.4. The first-order valence-corrected chi connectivity index (χ1v) is 8.38. The summed E-state index contributed by atoms with van der Waals surface area (Å²) in [6.07, 6.45) is 4.05. The SMILES string of the molecule is CC(/C=C1\SC(=S)N(CCCC(=O)[O-])C1=O)=C\c1ccccc1. The molecular weight excluding hydrogens is 330 g/mol. The minimum atomic E-state index is -1.12. The summed E-state index contributed by atoms with van der Waals surface area (Å²) in [5.74, 6) is -1.29. The molecule has 120 valence electrons. The van der Waals surface area contributed by atoms with Crippen LogP contribution < -0.4 is 5.11 Å². The van der Waals surface area contributed by atoms with Crippen LogP contribution in [0.4, 0.5) is 0 Å². The van der Waals surface area contributed by atoms with Gasteiger partial charge in [-0.15, -0.1) is 0 Å². The second-order valence-electron chi connectivity index (χ2n) is 5.11. The van der Waals surface area contributed by atoms with E-state index in [0.29, 0.717) is 22.2 Å². The van der Waals surface area contributed by atoms with Gasteiger partial charge in [-0.3, -0.25) is 9.69 Å². The smallest absolute Gasteiger partial charge is 0.266 e. The van der Waals surface area contributed by atoms with Crippen molar-refractivity contribution in [1.82, 2.24) is 4.90 Å². The van der Waals surface area contributed by atoms with E-state index in [1.807, 2.05) is 49.4 Å². The predicted octanol–water partition coefficient (Wildman–Crippen LogP) is 2.36. The van der Waals surface area contributed by atoms with Crippen LogP contribution in [0.2, 0.25) is 0 Å². The van der Waals surface area contributed by atoms with Crippen molar-refractivity contribution in [1.29, 1.82) is 0 Å². The maximum absolute atomic E-state index is 12.3. The molecule has 1 aromatic carbocycles. The number of thiocarbonyl (C=S) groups is 1. The number of carboxylic acid groups (broad SMARTS) is 1. The van der Waals surface area contributed by atoms with Gasteiger partial charge in [0.25, 0.3) is 5.91 Å². The van der Waals surface area contributed by atoms with E-state index in [-0.39, 0.29) is 12.3 Å². The van der Waals surface area contributed by atoms with Crippen LogP contribution in [0.5, 0.6) is 0 Å². The molecule has 0 bridgehead atoms. The molecule has 0 atom stereocenters. The molecular formula is C17H16NO3S2-. The van der Waals surface area contributed by atoms with Crippen molar-refractivity contribution in [2.45, 2.75) is 19.8 Å². The zero-order valence-electron chi connectivity index (χ0n) is 12.7. The molecule has 6 heteroatoms. The molecule has 23 heavy (non-hydrogen) atoms. The van der Waals surface area contributed by atoms with Crippen LogP contribution in [0.15, 0.2) is 46.9 Å². The molecule has 1 heterocycles. The summed E-state index contributed by atoms with van der Waals surface area (Å²) in [4.78, 5) is 24.8. The van der Waals surface area contributed by atoms with Gasteiger partial charge in [0.1, 0.15) is 4.32 Å². The molecule has 1 aliphatic heterocycles. The zero-order valence-corrected chi connectivity index (χ0v) is 14.3. The van der Waals surface area contributed by atoms with E-state index >= 15 is 0 Å². The highest BCUT2D eigenvalue weighted by molar-refractivity contribution is 8.26. The molecule has 0 unspecified atom stereocenters. The Labute approximate surface area is 144 Å². The Balaban J connectivity index is 2.06. The Morgan fingerprint density at radius 3 is 2.70 bits per heavy atom.